The van der Waals surface area contributed by atoms with Gasteiger partial charge in [-0.3, -0.25) is 4.79 Å². The third-order valence-corrected chi connectivity index (χ3v) is 9.91. The summed E-state index contributed by atoms with van der Waals surface area (Å²) in [4.78, 5) is 13.2. The Morgan fingerprint density at radius 2 is 1.65 bits per heavy atom. The van der Waals surface area contributed by atoms with Crippen LogP contribution in [0.15, 0.2) is 24.3 Å². The fraction of sp³-hybridized carbons (Fsp3) is 0.767. The molecule has 0 aliphatic heterocycles. The third kappa shape index (κ3) is 5.37. The molecule has 1 aromatic rings. The highest BCUT2D eigenvalue weighted by Crippen LogP contribution is 2.64. The summed E-state index contributed by atoms with van der Waals surface area (Å²) >= 11 is 0. The van der Waals surface area contributed by atoms with Crippen LogP contribution in [0.5, 0.6) is 0 Å². The summed E-state index contributed by atoms with van der Waals surface area (Å²) in [6, 6.07) is 6.48. The average Bonchev–Trinajstić information content (AvgIpc) is 3.23. The Kier molecular flexibility index (Phi) is 9.60. The molecule has 1 aromatic carbocycles. The van der Waals surface area contributed by atoms with Crippen LogP contribution in [0.4, 0.5) is 4.39 Å². The molecule has 0 heterocycles. The fourth-order valence-electron chi connectivity index (χ4n) is 8.43. The van der Waals surface area contributed by atoms with E-state index in [0.29, 0.717) is 6.54 Å². The zero-order valence-corrected chi connectivity index (χ0v) is 22.2. The summed E-state index contributed by atoms with van der Waals surface area (Å²) in [7, 11) is 1.00. The molecule has 8 atom stereocenters. The summed E-state index contributed by atoms with van der Waals surface area (Å²) in [5.41, 5.74) is 1.14. The minimum Gasteiger partial charge on any atom is -0.400 e. The van der Waals surface area contributed by atoms with E-state index in [0.717, 1.165) is 54.6 Å². The highest BCUT2D eigenvalue weighted by Gasteiger charge is 2.58. The van der Waals surface area contributed by atoms with Crippen molar-refractivity contribution in [2.75, 3.05) is 7.11 Å². The minimum absolute atomic E-state index is 0.146. The maximum atomic E-state index is 13.2. The Labute approximate surface area is 207 Å². The van der Waals surface area contributed by atoms with E-state index in [4.69, 9.17) is 5.11 Å². The summed E-state index contributed by atoms with van der Waals surface area (Å²) < 4.78 is 13.1. The molecule has 4 fully saturated rings. The summed E-state index contributed by atoms with van der Waals surface area (Å²) in [6.07, 6.45) is 12.0. The number of aliphatic hydroxyl groups is 1. The molecule has 8 unspecified atom stereocenters. The van der Waals surface area contributed by atoms with Gasteiger partial charge >= 0.3 is 0 Å². The van der Waals surface area contributed by atoms with Gasteiger partial charge in [-0.15, -0.1) is 0 Å². The number of aliphatic hydroxyl groups excluding tert-OH is 1. The van der Waals surface area contributed by atoms with Crippen molar-refractivity contribution in [1.29, 1.82) is 0 Å². The van der Waals surface area contributed by atoms with Crippen molar-refractivity contribution < 1.29 is 14.3 Å². The van der Waals surface area contributed by atoms with Gasteiger partial charge in [-0.1, -0.05) is 46.2 Å². The minimum atomic E-state index is -0.227. The van der Waals surface area contributed by atoms with E-state index in [1.807, 2.05) is 13.8 Å². The number of benzene rings is 1. The standard InChI is InChI=1S/C27H38FNO.C2H6.CH4O/c1-17-3-9-21-19(15-17)6-10-23-22(21)13-14-27(2)24(23)11-12-25(27)26(30)29-16-18-4-7-20(28)8-5-18;2*1-2/h4-5,7-8,17,19,21-25H,3,6,9-16H2,1-2H3,(H,29,30);1-2H3;2H,1H3. The Bertz CT molecular complexity index is 781. The van der Waals surface area contributed by atoms with Crippen LogP contribution in [0.25, 0.3) is 0 Å². The van der Waals surface area contributed by atoms with Crippen LogP contribution in [-0.4, -0.2) is 18.1 Å². The smallest absolute Gasteiger partial charge is 0.223 e. The largest absolute Gasteiger partial charge is 0.400 e. The molecular formula is C30H48FNO2. The Balaban J connectivity index is 0.000000771. The highest BCUT2D eigenvalue weighted by molar-refractivity contribution is 5.80. The first-order valence-electron chi connectivity index (χ1n) is 13.9. The molecule has 34 heavy (non-hydrogen) atoms. The van der Waals surface area contributed by atoms with E-state index in [-0.39, 0.29) is 23.1 Å². The van der Waals surface area contributed by atoms with Crippen molar-refractivity contribution in [1.82, 2.24) is 5.32 Å². The van der Waals surface area contributed by atoms with E-state index < -0.39 is 0 Å². The number of amides is 1. The van der Waals surface area contributed by atoms with E-state index in [2.05, 4.69) is 19.2 Å². The van der Waals surface area contributed by atoms with Gasteiger partial charge in [0.2, 0.25) is 5.91 Å². The first kappa shape index (κ1) is 27.2. The van der Waals surface area contributed by atoms with Gasteiger partial charge in [0.1, 0.15) is 5.82 Å². The SMILES string of the molecule is CC.CC1CCC2C(CCC3C2CCC2(C)C(C(=O)NCc4ccc(F)cc4)CCC32)C1.CO. The van der Waals surface area contributed by atoms with E-state index in [1.54, 1.807) is 12.1 Å². The van der Waals surface area contributed by atoms with E-state index >= 15 is 0 Å². The van der Waals surface area contributed by atoms with Gasteiger partial charge < -0.3 is 10.4 Å². The molecule has 0 aromatic heterocycles. The van der Waals surface area contributed by atoms with Crippen LogP contribution in [0.1, 0.15) is 91.0 Å². The quantitative estimate of drug-likeness (QED) is 0.497. The molecule has 0 spiro atoms. The van der Waals surface area contributed by atoms with Crippen molar-refractivity contribution in [3.05, 3.63) is 35.6 Å². The van der Waals surface area contributed by atoms with Crippen molar-refractivity contribution >= 4 is 5.91 Å². The lowest BCUT2D eigenvalue weighted by Gasteiger charge is -2.56. The molecule has 1 amide bonds. The molecule has 4 aliphatic carbocycles. The van der Waals surface area contributed by atoms with Crippen LogP contribution in [0.3, 0.4) is 0 Å². The van der Waals surface area contributed by atoms with Gasteiger partial charge in [-0.2, -0.15) is 0 Å². The summed E-state index contributed by atoms with van der Waals surface area (Å²) in [6.45, 7) is 9.38. The number of hydrogen-bond acceptors (Lipinski definition) is 2. The number of carbonyl (C=O) groups excluding carboxylic acids is 1. The maximum Gasteiger partial charge on any atom is 0.223 e. The van der Waals surface area contributed by atoms with Crippen LogP contribution < -0.4 is 5.32 Å². The number of halogens is 1. The van der Waals surface area contributed by atoms with Gasteiger partial charge in [-0.25, -0.2) is 4.39 Å². The Hall–Kier alpha value is -1.42. The van der Waals surface area contributed by atoms with Gasteiger partial charge in [0.05, 0.1) is 0 Å². The van der Waals surface area contributed by atoms with Gasteiger partial charge in [0, 0.05) is 19.6 Å². The molecule has 2 N–H and O–H groups in total. The molecule has 4 saturated carbocycles. The molecule has 3 nitrogen and oxygen atoms in total. The number of carbonyl (C=O) groups is 1. The number of nitrogens with one attached hydrogen (secondary N) is 1. The summed E-state index contributed by atoms with van der Waals surface area (Å²) in [5.74, 6) is 5.54. The monoisotopic (exact) mass is 473 g/mol. The second kappa shape index (κ2) is 12.0. The first-order chi connectivity index (χ1) is 16.5. The molecule has 5 rings (SSSR count). The number of rotatable bonds is 3. The zero-order chi connectivity index (χ0) is 24.9. The third-order valence-electron chi connectivity index (χ3n) is 9.91. The second-order valence-electron chi connectivity index (χ2n) is 11.4. The first-order valence-corrected chi connectivity index (χ1v) is 13.9. The molecule has 0 saturated heterocycles. The summed E-state index contributed by atoms with van der Waals surface area (Å²) in [5, 5.41) is 10.2. The normalized spacial score (nSPS) is 38.0. The lowest BCUT2D eigenvalue weighted by molar-refractivity contribution is -0.132. The predicted molar refractivity (Wildman–Crippen MR) is 138 cm³/mol. The second-order valence-corrected chi connectivity index (χ2v) is 11.4. The lowest BCUT2D eigenvalue weighted by atomic mass is 9.49. The molecular weight excluding hydrogens is 425 g/mol. The Morgan fingerprint density at radius 3 is 2.35 bits per heavy atom. The molecule has 0 bridgehead atoms. The average molecular weight is 474 g/mol. The van der Waals surface area contributed by atoms with Crippen LogP contribution in [-0.2, 0) is 11.3 Å². The van der Waals surface area contributed by atoms with E-state index in [1.165, 1.54) is 63.5 Å². The number of fused-ring (bicyclic) bond motifs is 5. The number of hydrogen-bond donors (Lipinski definition) is 2. The van der Waals surface area contributed by atoms with Crippen molar-refractivity contribution in [3.63, 3.8) is 0 Å². The van der Waals surface area contributed by atoms with Crippen molar-refractivity contribution in [2.24, 2.45) is 46.8 Å². The molecule has 192 valence electrons. The maximum absolute atomic E-state index is 13.2. The van der Waals surface area contributed by atoms with Gasteiger partial charge in [0.15, 0.2) is 0 Å². The lowest BCUT2D eigenvalue weighted by Crippen LogP contribution is -2.50. The van der Waals surface area contributed by atoms with Crippen molar-refractivity contribution in [3.8, 4) is 0 Å². The van der Waals surface area contributed by atoms with Crippen molar-refractivity contribution in [2.45, 2.75) is 92.0 Å². The van der Waals surface area contributed by atoms with E-state index in [9.17, 15) is 9.18 Å². The van der Waals surface area contributed by atoms with Gasteiger partial charge in [-0.05, 0) is 110 Å². The van der Waals surface area contributed by atoms with Crippen LogP contribution in [0.2, 0.25) is 0 Å². The highest BCUT2D eigenvalue weighted by atomic mass is 19.1. The van der Waals surface area contributed by atoms with Crippen LogP contribution in [0, 0.1) is 52.7 Å². The van der Waals surface area contributed by atoms with Crippen LogP contribution >= 0.6 is 0 Å². The predicted octanol–water partition coefficient (Wildman–Crippen LogP) is 6.98. The molecule has 0 radical (unpaired) electrons. The topological polar surface area (TPSA) is 49.3 Å². The zero-order valence-electron chi connectivity index (χ0n) is 22.2. The van der Waals surface area contributed by atoms with Gasteiger partial charge in [0.25, 0.3) is 0 Å². The fourth-order valence-corrected chi connectivity index (χ4v) is 8.43. The molecule has 4 heteroatoms. The molecule has 4 aliphatic rings. The Morgan fingerprint density at radius 1 is 0.971 bits per heavy atom.